The topological polar surface area (TPSA) is 74.7 Å². The Balaban J connectivity index is 1.61. The van der Waals surface area contributed by atoms with Gasteiger partial charge in [-0.05, 0) is 54.9 Å². The Morgan fingerprint density at radius 1 is 1.10 bits per heavy atom. The Morgan fingerprint density at radius 3 is 2.48 bits per heavy atom. The van der Waals surface area contributed by atoms with Crippen molar-refractivity contribution in [3.05, 3.63) is 75.6 Å². The first kappa shape index (κ1) is 21.0. The summed E-state index contributed by atoms with van der Waals surface area (Å²) < 4.78 is 0. The summed E-state index contributed by atoms with van der Waals surface area (Å²) in [7, 11) is 0. The molecule has 1 N–H and O–H groups in total. The molecule has 1 aliphatic heterocycles. The summed E-state index contributed by atoms with van der Waals surface area (Å²) >= 11 is 2.63. The molecule has 0 bridgehead atoms. The third-order valence-electron chi connectivity index (χ3n) is 4.60. The molecule has 1 aromatic heterocycles. The lowest BCUT2D eigenvalue weighted by molar-refractivity contribution is -0.116. The lowest BCUT2D eigenvalue weighted by Crippen LogP contribution is -2.24. The SMILES string of the molecule is CC(=O)N(c1nc(/C=C2\SC(=Nc3ccccc3)NC2=O)cs1)c1c(C)cccc1C. The summed E-state index contributed by atoms with van der Waals surface area (Å²) in [5.74, 6) is -0.330. The second kappa shape index (κ2) is 8.87. The monoisotopic (exact) mass is 448 g/mol. The zero-order chi connectivity index (χ0) is 22.0. The van der Waals surface area contributed by atoms with Gasteiger partial charge in [0.1, 0.15) is 0 Å². The molecule has 1 saturated heterocycles. The number of nitrogens with one attached hydrogen (secondary N) is 1. The van der Waals surface area contributed by atoms with E-state index in [1.165, 1.54) is 30.0 Å². The molecule has 0 atom stereocenters. The number of aryl methyl sites for hydroxylation is 2. The van der Waals surface area contributed by atoms with Crippen molar-refractivity contribution in [1.29, 1.82) is 0 Å². The first-order valence-electron chi connectivity index (χ1n) is 9.59. The fourth-order valence-electron chi connectivity index (χ4n) is 3.23. The van der Waals surface area contributed by atoms with Crippen LogP contribution in [0.1, 0.15) is 23.7 Å². The molecule has 0 spiro atoms. The van der Waals surface area contributed by atoms with Crippen molar-refractivity contribution in [2.45, 2.75) is 20.8 Å². The van der Waals surface area contributed by atoms with Gasteiger partial charge >= 0.3 is 0 Å². The molecule has 8 heteroatoms. The van der Waals surface area contributed by atoms with Crippen LogP contribution in [0.15, 0.2) is 63.8 Å². The molecular weight excluding hydrogens is 428 g/mol. The van der Waals surface area contributed by atoms with Crippen molar-refractivity contribution in [2.75, 3.05) is 4.90 Å². The van der Waals surface area contributed by atoms with E-state index in [9.17, 15) is 9.59 Å². The molecule has 156 valence electrons. The summed E-state index contributed by atoms with van der Waals surface area (Å²) in [4.78, 5) is 36.0. The average molecular weight is 449 g/mol. The fourth-order valence-corrected chi connectivity index (χ4v) is 4.88. The van der Waals surface area contributed by atoms with Crippen molar-refractivity contribution in [3.8, 4) is 0 Å². The number of benzene rings is 2. The number of amidine groups is 1. The number of carbonyl (C=O) groups excluding carboxylic acids is 2. The second-order valence-corrected chi connectivity index (χ2v) is 8.83. The highest BCUT2D eigenvalue weighted by Gasteiger charge is 2.25. The number of nitrogens with zero attached hydrogens (tertiary/aromatic N) is 3. The van der Waals surface area contributed by atoms with Crippen molar-refractivity contribution >= 4 is 62.7 Å². The quantitative estimate of drug-likeness (QED) is 0.547. The summed E-state index contributed by atoms with van der Waals surface area (Å²) in [5, 5.41) is 5.71. The van der Waals surface area contributed by atoms with Crippen LogP contribution in [0.25, 0.3) is 6.08 Å². The molecule has 4 rings (SSSR count). The van der Waals surface area contributed by atoms with Gasteiger partial charge < -0.3 is 5.32 Å². The minimum absolute atomic E-state index is 0.115. The third-order valence-corrected chi connectivity index (χ3v) is 6.35. The van der Waals surface area contributed by atoms with Crippen LogP contribution in [0.5, 0.6) is 0 Å². The standard InChI is InChI=1S/C23H20N4O2S2/c1-14-8-7-9-15(2)20(14)27(16(3)28)23-25-18(13-30-23)12-19-21(29)26-22(31-19)24-17-10-5-4-6-11-17/h4-13H,1-3H3,(H,24,26,29)/b19-12-. The third kappa shape index (κ3) is 4.60. The Morgan fingerprint density at radius 2 is 1.81 bits per heavy atom. The molecule has 0 unspecified atom stereocenters. The van der Waals surface area contributed by atoms with Crippen LogP contribution in [0.4, 0.5) is 16.5 Å². The van der Waals surface area contributed by atoms with Crippen LogP contribution in [-0.4, -0.2) is 22.0 Å². The van der Waals surface area contributed by atoms with Crippen LogP contribution >= 0.6 is 23.1 Å². The molecule has 6 nitrogen and oxygen atoms in total. The summed E-state index contributed by atoms with van der Waals surface area (Å²) in [6.07, 6.45) is 1.72. The van der Waals surface area contributed by atoms with Gasteiger partial charge in [0, 0.05) is 12.3 Å². The average Bonchev–Trinajstić information content (AvgIpc) is 3.32. The minimum atomic E-state index is -0.215. The second-order valence-electron chi connectivity index (χ2n) is 6.97. The lowest BCUT2D eigenvalue weighted by atomic mass is 10.1. The van der Waals surface area contributed by atoms with Gasteiger partial charge in [-0.15, -0.1) is 11.3 Å². The van der Waals surface area contributed by atoms with Gasteiger partial charge in [-0.1, -0.05) is 36.4 Å². The number of carbonyl (C=O) groups is 2. The Labute approximate surface area is 188 Å². The maximum atomic E-state index is 12.5. The molecule has 1 fully saturated rings. The number of thioether (sulfide) groups is 1. The van der Waals surface area contributed by atoms with Crippen LogP contribution in [0.2, 0.25) is 0 Å². The number of hydrogen-bond donors (Lipinski definition) is 1. The van der Waals surface area contributed by atoms with Crippen LogP contribution in [0, 0.1) is 13.8 Å². The largest absolute Gasteiger partial charge is 0.300 e. The molecule has 0 aliphatic carbocycles. The number of aliphatic imine (C=N–C) groups is 1. The summed E-state index contributed by atoms with van der Waals surface area (Å²) in [6.45, 7) is 5.47. The van der Waals surface area contributed by atoms with E-state index in [1.807, 2.05) is 67.8 Å². The minimum Gasteiger partial charge on any atom is -0.300 e. The van der Waals surface area contributed by atoms with Crippen LogP contribution in [0.3, 0.4) is 0 Å². The number of anilines is 2. The molecular formula is C23H20N4O2S2. The first-order valence-corrected chi connectivity index (χ1v) is 11.3. The number of hydrogen-bond acceptors (Lipinski definition) is 6. The van der Waals surface area contributed by atoms with Gasteiger partial charge in [-0.25, -0.2) is 9.98 Å². The summed E-state index contributed by atoms with van der Waals surface area (Å²) in [6, 6.07) is 15.4. The maximum Gasteiger partial charge on any atom is 0.264 e. The molecule has 2 heterocycles. The highest BCUT2D eigenvalue weighted by atomic mass is 32.2. The molecule has 0 radical (unpaired) electrons. The van der Waals surface area contributed by atoms with Gasteiger partial charge in [0.15, 0.2) is 10.3 Å². The molecule has 2 aromatic carbocycles. The van der Waals surface area contributed by atoms with Gasteiger partial charge in [0.25, 0.3) is 5.91 Å². The molecule has 1 aliphatic rings. The van der Waals surface area contributed by atoms with E-state index >= 15 is 0 Å². The molecule has 31 heavy (non-hydrogen) atoms. The number of rotatable bonds is 4. The Hall–Kier alpha value is -3.23. The van der Waals surface area contributed by atoms with Crippen molar-refractivity contribution < 1.29 is 9.59 Å². The van der Waals surface area contributed by atoms with E-state index in [4.69, 9.17) is 0 Å². The number of para-hydroxylation sites is 2. The fraction of sp³-hybridized carbons (Fsp3) is 0.130. The Bertz CT molecular complexity index is 1200. The van der Waals surface area contributed by atoms with E-state index in [0.29, 0.717) is 20.9 Å². The number of thiazole rings is 1. The highest BCUT2D eigenvalue weighted by Crippen LogP contribution is 2.35. The van der Waals surface area contributed by atoms with Crippen molar-refractivity contribution in [2.24, 2.45) is 4.99 Å². The number of aromatic nitrogens is 1. The van der Waals surface area contributed by atoms with Gasteiger partial charge in [0.05, 0.1) is 22.0 Å². The first-order chi connectivity index (χ1) is 14.9. The molecule has 0 saturated carbocycles. The predicted molar refractivity (Wildman–Crippen MR) is 128 cm³/mol. The van der Waals surface area contributed by atoms with Gasteiger partial charge in [-0.2, -0.15) is 0 Å². The smallest absolute Gasteiger partial charge is 0.264 e. The Kier molecular flexibility index (Phi) is 6.01. The molecule has 2 amide bonds. The molecule has 3 aromatic rings. The zero-order valence-corrected chi connectivity index (χ0v) is 18.9. The van der Waals surface area contributed by atoms with E-state index in [-0.39, 0.29) is 11.8 Å². The van der Waals surface area contributed by atoms with Gasteiger partial charge in [0.2, 0.25) is 5.91 Å². The number of amides is 2. The van der Waals surface area contributed by atoms with E-state index < -0.39 is 0 Å². The van der Waals surface area contributed by atoms with E-state index in [1.54, 1.807) is 11.0 Å². The van der Waals surface area contributed by atoms with E-state index in [0.717, 1.165) is 22.5 Å². The van der Waals surface area contributed by atoms with Crippen molar-refractivity contribution in [3.63, 3.8) is 0 Å². The zero-order valence-electron chi connectivity index (χ0n) is 17.2. The van der Waals surface area contributed by atoms with E-state index in [2.05, 4.69) is 15.3 Å². The predicted octanol–water partition coefficient (Wildman–Crippen LogP) is 5.34. The lowest BCUT2D eigenvalue weighted by Gasteiger charge is -2.22. The van der Waals surface area contributed by atoms with Crippen LogP contribution in [-0.2, 0) is 9.59 Å². The maximum absolute atomic E-state index is 12.5. The van der Waals surface area contributed by atoms with Crippen molar-refractivity contribution in [1.82, 2.24) is 10.3 Å². The normalized spacial score (nSPS) is 16.0. The summed E-state index contributed by atoms with van der Waals surface area (Å²) in [5.41, 5.74) is 4.23. The van der Waals surface area contributed by atoms with Crippen LogP contribution < -0.4 is 10.2 Å². The highest BCUT2D eigenvalue weighted by molar-refractivity contribution is 8.18. The van der Waals surface area contributed by atoms with Gasteiger partial charge in [-0.3, -0.25) is 14.5 Å².